The van der Waals surface area contributed by atoms with Gasteiger partial charge in [0.05, 0.1) is 21.3 Å². The molecule has 0 radical (unpaired) electrons. The SMILES string of the molecule is COc1cc(/C(N)=N/NC(=O)c2ccc(N)cc2)cc(OC)c1OC. The molecule has 25 heavy (non-hydrogen) atoms. The molecule has 5 N–H and O–H groups in total. The van der Waals surface area contributed by atoms with Gasteiger partial charge in [0.2, 0.25) is 5.75 Å². The highest BCUT2D eigenvalue weighted by Gasteiger charge is 2.15. The largest absolute Gasteiger partial charge is 0.493 e. The van der Waals surface area contributed by atoms with Gasteiger partial charge in [-0.3, -0.25) is 4.79 Å². The normalized spacial score (nSPS) is 10.9. The summed E-state index contributed by atoms with van der Waals surface area (Å²) in [6.07, 6.45) is 0. The quantitative estimate of drug-likeness (QED) is 0.315. The first-order chi connectivity index (χ1) is 12.0. The molecule has 0 aliphatic rings. The Morgan fingerprint density at radius 1 is 0.960 bits per heavy atom. The van der Waals surface area contributed by atoms with Crippen molar-refractivity contribution in [3.05, 3.63) is 47.5 Å². The van der Waals surface area contributed by atoms with Crippen molar-refractivity contribution in [2.45, 2.75) is 0 Å². The van der Waals surface area contributed by atoms with E-state index in [4.69, 9.17) is 25.7 Å². The van der Waals surface area contributed by atoms with Crippen molar-refractivity contribution < 1.29 is 19.0 Å². The Morgan fingerprint density at radius 2 is 1.52 bits per heavy atom. The number of ether oxygens (including phenoxy) is 3. The van der Waals surface area contributed by atoms with Crippen molar-refractivity contribution in [3.8, 4) is 17.2 Å². The Labute approximate surface area is 145 Å². The predicted molar refractivity (Wildman–Crippen MR) is 95.1 cm³/mol. The number of nitrogens with one attached hydrogen (secondary N) is 1. The van der Waals surface area contributed by atoms with Crippen molar-refractivity contribution >= 4 is 17.4 Å². The number of nitrogen functional groups attached to an aromatic ring is 1. The van der Waals surface area contributed by atoms with E-state index in [1.165, 1.54) is 21.3 Å². The number of anilines is 1. The molecule has 0 aromatic heterocycles. The Morgan fingerprint density at radius 3 is 2.00 bits per heavy atom. The molecule has 2 aromatic carbocycles. The predicted octanol–water partition coefficient (Wildman–Crippen LogP) is 1.34. The summed E-state index contributed by atoms with van der Waals surface area (Å²) in [5.41, 5.74) is 15.4. The van der Waals surface area contributed by atoms with E-state index < -0.39 is 5.91 Å². The van der Waals surface area contributed by atoms with Gasteiger partial charge in [0.25, 0.3) is 5.91 Å². The number of carbonyl (C=O) groups is 1. The van der Waals surface area contributed by atoms with Gasteiger partial charge in [-0.25, -0.2) is 5.43 Å². The minimum atomic E-state index is -0.407. The fourth-order valence-corrected chi connectivity index (χ4v) is 2.10. The van der Waals surface area contributed by atoms with Gasteiger partial charge in [0.1, 0.15) is 0 Å². The van der Waals surface area contributed by atoms with Gasteiger partial charge in [0, 0.05) is 16.8 Å². The third-order valence-corrected chi connectivity index (χ3v) is 3.41. The van der Waals surface area contributed by atoms with Crippen LogP contribution < -0.4 is 31.1 Å². The third-order valence-electron chi connectivity index (χ3n) is 3.41. The summed E-state index contributed by atoms with van der Waals surface area (Å²) >= 11 is 0. The number of nitrogens with zero attached hydrogens (tertiary/aromatic N) is 1. The van der Waals surface area contributed by atoms with Crippen LogP contribution in [0.25, 0.3) is 0 Å². The van der Waals surface area contributed by atoms with Gasteiger partial charge >= 0.3 is 0 Å². The number of nitrogens with two attached hydrogens (primary N) is 2. The molecule has 0 atom stereocenters. The summed E-state index contributed by atoms with van der Waals surface area (Å²) in [7, 11) is 4.50. The number of methoxy groups -OCH3 is 3. The number of amides is 1. The van der Waals surface area contributed by atoms with E-state index in [1.807, 2.05) is 0 Å². The zero-order valence-electron chi connectivity index (χ0n) is 14.2. The molecule has 2 aromatic rings. The third kappa shape index (κ3) is 4.11. The standard InChI is InChI=1S/C17H20N4O4/c1-23-13-8-11(9-14(24-2)15(13)25-3)16(19)20-21-17(22)10-4-6-12(18)7-5-10/h4-9H,18H2,1-3H3,(H2,19,20)(H,21,22). The molecule has 0 aliphatic carbocycles. The lowest BCUT2D eigenvalue weighted by atomic mass is 10.1. The van der Waals surface area contributed by atoms with Crippen LogP contribution in [-0.2, 0) is 0 Å². The van der Waals surface area contributed by atoms with Crippen LogP contribution in [0.1, 0.15) is 15.9 Å². The number of hydrogen-bond donors (Lipinski definition) is 3. The summed E-state index contributed by atoms with van der Waals surface area (Å²) in [4.78, 5) is 12.1. The molecule has 0 fully saturated rings. The van der Waals surface area contributed by atoms with Crippen LogP contribution >= 0.6 is 0 Å². The van der Waals surface area contributed by atoms with Crippen LogP contribution in [0.5, 0.6) is 17.2 Å². The van der Waals surface area contributed by atoms with Gasteiger partial charge in [0.15, 0.2) is 17.3 Å². The van der Waals surface area contributed by atoms with Gasteiger partial charge < -0.3 is 25.7 Å². The van der Waals surface area contributed by atoms with E-state index in [0.717, 1.165) is 0 Å². The van der Waals surface area contributed by atoms with Gasteiger partial charge in [-0.05, 0) is 36.4 Å². The average Bonchev–Trinajstić information content (AvgIpc) is 2.64. The van der Waals surface area contributed by atoms with E-state index in [-0.39, 0.29) is 5.84 Å². The van der Waals surface area contributed by atoms with Gasteiger partial charge in [-0.15, -0.1) is 0 Å². The summed E-state index contributed by atoms with van der Waals surface area (Å²) in [6.45, 7) is 0. The van der Waals surface area contributed by atoms with E-state index >= 15 is 0 Å². The lowest BCUT2D eigenvalue weighted by Crippen LogP contribution is -2.24. The minimum absolute atomic E-state index is 0.0862. The lowest BCUT2D eigenvalue weighted by molar-refractivity contribution is 0.0955. The summed E-state index contributed by atoms with van der Waals surface area (Å²) in [5.74, 6) is 0.977. The topological polar surface area (TPSA) is 121 Å². The molecule has 0 spiro atoms. The van der Waals surface area contributed by atoms with Crippen LogP contribution in [0.15, 0.2) is 41.5 Å². The highest BCUT2D eigenvalue weighted by molar-refractivity contribution is 6.00. The molecule has 0 bridgehead atoms. The van der Waals surface area contributed by atoms with E-state index in [0.29, 0.717) is 34.1 Å². The second-order valence-electron chi connectivity index (χ2n) is 4.97. The summed E-state index contributed by atoms with van der Waals surface area (Å²) in [5, 5.41) is 3.91. The second-order valence-corrected chi connectivity index (χ2v) is 4.97. The van der Waals surface area contributed by atoms with Crippen molar-refractivity contribution in [2.75, 3.05) is 27.1 Å². The number of hydrazone groups is 1. The van der Waals surface area contributed by atoms with Crippen LogP contribution in [0, 0.1) is 0 Å². The Balaban J connectivity index is 2.24. The summed E-state index contributed by atoms with van der Waals surface area (Å²) < 4.78 is 15.8. The van der Waals surface area contributed by atoms with Crippen molar-refractivity contribution in [3.63, 3.8) is 0 Å². The highest BCUT2D eigenvalue weighted by atomic mass is 16.5. The maximum absolute atomic E-state index is 12.1. The summed E-state index contributed by atoms with van der Waals surface area (Å²) in [6, 6.07) is 9.71. The van der Waals surface area contributed by atoms with Crippen molar-refractivity contribution in [1.82, 2.24) is 5.43 Å². The lowest BCUT2D eigenvalue weighted by Gasteiger charge is -2.13. The van der Waals surface area contributed by atoms with Crippen LogP contribution in [0.2, 0.25) is 0 Å². The number of benzene rings is 2. The molecular formula is C17H20N4O4. The highest BCUT2D eigenvalue weighted by Crippen LogP contribution is 2.38. The van der Waals surface area contributed by atoms with Crippen LogP contribution in [0.4, 0.5) is 5.69 Å². The molecule has 0 heterocycles. The van der Waals surface area contributed by atoms with E-state index in [9.17, 15) is 4.79 Å². The van der Waals surface area contributed by atoms with Gasteiger partial charge in [-0.1, -0.05) is 0 Å². The Hall–Kier alpha value is -3.42. The average molecular weight is 344 g/mol. The monoisotopic (exact) mass is 344 g/mol. The fraction of sp³-hybridized carbons (Fsp3) is 0.176. The maximum Gasteiger partial charge on any atom is 0.271 e. The molecule has 1 amide bonds. The van der Waals surface area contributed by atoms with Crippen LogP contribution in [-0.4, -0.2) is 33.1 Å². The van der Waals surface area contributed by atoms with E-state index in [2.05, 4.69) is 10.5 Å². The van der Waals surface area contributed by atoms with E-state index in [1.54, 1.807) is 36.4 Å². The molecule has 8 nitrogen and oxygen atoms in total. The first-order valence-electron chi connectivity index (χ1n) is 7.29. The maximum atomic E-state index is 12.1. The number of hydrogen-bond acceptors (Lipinski definition) is 6. The first-order valence-corrected chi connectivity index (χ1v) is 7.29. The van der Waals surface area contributed by atoms with Gasteiger partial charge in [-0.2, -0.15) is 5.10 Å². The molecule has 0 saturated carbocycles. The van der Waals surface area contributed by atoms with Crippen LogP contribution in [0.3, 0.4) is 0 Å². The minimum Gasteiger partial charge on any atom is -0.493 e. The fourth-order valence-electron chi connectivity index (χ4n) is 2.10. The number of rotatable bonds is 6. The van der Waals surface area contributed by atoms with Crippen molar-refractivity contribution in [1.29, 1.82) is 0 Å². The number of carbonyl (C=O) groups excluding carboxylic acids is 1. The molecule has 0 saturated heterocycles. The van der Waals surface area contributed by atoms with Crippen molar-refractivity contribution in [2.24, 2.45) is 10.8 Å². The molecule has 8 heteroatoms. The zero-order chi connectivity index (χ0) is 18.4. The molecule has 0 aliphatic heterocycles. The second kappa shape index (κ2) is 7.91. The smallest absolute Gasteiger partial charge is 0.271 e. The first kappa shape index (κ1) is 17.9. The molecule has 2 rings (SSSR count). The molecular weight excluding hydrogens is 324 g/mol. The Bertz CT molecular complexity index is 763. The number of amidine groups is 1. The molecule has 132 valence electrons. The zero-order valence-corrected chi connectivity index (χ0v) is 14.2. The Kier molecular flexibility index (Phi) is 5.67. The molecule has 0 unspecified atom stereocenters.